The Morgan fingerprint density at radius 1 is 1.28 bits per heavy atom. The number of aromatic nitrogens is 1. The number of nitrogens with two attached hydrogens (primary N) is 1. The number of thioether (sulfide) groups is 1. The van der Waals surface area contributed by atoms with E-state index >= 15 is 0 Å². The number of ether oxygens (including phenoxy) is 2. The number of anilines is 3. The Hall–Kier alpha value is -3.67. The third kappa shape index (κ3) is 5.76. The molecule has 2 aliphatic heterocycles. The van der Waals surface area contributed by atoms with Gasteiger partial charge < -0.3 is 30.3 Å². The molecule has 10 nitrogen and oxygen atoms in total. The van der Waals surface area contributed by atoms with Crippen LogP contribution in [-0.4, -0.2) is 56.7 Å². The molecule has 4 rings (SSSR count). The van der Waals surface area contributed by atoms with E-state index in [-0.39, 0.29) is 11.3 Å². The molecule has 0 saturated carbocycles. The van der Waals surface area contributed by atoms with Gasteiger partial charge in [-0.2, -0.15) is 0 Å². The van der Waals surface area contributed by atoms with Crippen molar-refractivity contribution < 1.29 is 14.3 Å². The van der Waals surface area contributed by atoms with E-state index < -0.39 is 0 Å². The van der Waals surface area contributed by atoms with Gasteiger partial charge in [-0.25, -0.2) is 5.84 Å². The fourth-order valence-corrected chi connectivity index (χ4v) is 4.89. The van der Waals surface area contributed by atoms with Crippen LogP contribution < -0.4 is 41.2 Å². The monoisotopic (exact) mass is 509 g/mol. The number of amides is 1. The number of pyridine rings is 1. The minimum Gasteiger partial charge on any atom is -0.493 e. The lowest BCUT2D eigenvalue weighted by atomic mass is 10.2. The topological polar surface area (TPSA) is 117 Å². The summed E-state index contributed by atoms with van der Waals surface area (Å²) in [6.45, 7) is 7.47. The van der Waals surface area contributed by atoms with Gasteiger partial charge in [0.1, 0.15) is 11.1 Å². The van der Waals surface area contributed by atoms with Gasteiger partial charge in [0.25, 0.3) is 5.91 Å². The number of carbonyl (C=O) groups excluding carboxylic acids is 1. The highest BCUT2D eigenvalue weighted by Gasteiger charge is 2.25. The van der Waals surface area contributed by atoms with Gasteiger partial charge in [-0.1, -0.05) is 12.7 Å². The third-order valence-electron chi connectivity index (χ3n) is 5.85. The van der Waals surface area contributed by atoms with Crippen molar-refractivity contribution in [3.05, 3.63) is 72.2 Å². The average molecular weight is 510 g/mol. The maximum atomic E-state index is 13.1. The first-order valence-corrected chi connectivity index (χ1v) is 12.4. The zero-order chi connectivity index (χ0) is 25.5. The largest absolute Gasteiger partial charge is 0.493 e. The van der Waals surface area contributed by atoms with Crippen molar-refractivity contribution in [3.63, 3.8) is 0 Å². The number of nitrogens with one attached hydrogen (secondary N) is 3. The highest BCUT2D eigenvalue weighted by Crippen LogP contribution is 2.33. The summed E-state index contributed by atoms with van der Waals surface area (Å²) >= 11 is 1.47. The number of piperazine rings is 1. The lowest BCUT2D eigenvalue weighted by molar-refractivity contribution is -0.113. The van der Waals surface area contributed by atoms with Crippen molar-refractivity contribution in [2.24, 2.45) is 5.84 Å². The molecule has 1 aromatic carbocycles. The van der Waals surface area contributed by atoms with Crippen molar-refractivity contribution in [2.45, 2.75) is 5.37 Å². The number of carbonyl (C=O) groups is 1. The van der Waals surface area contributed by atoms with Gasteiger partial charge in [-0.15, -0.1) is 11.8 Å². The average Bonchev–Trinajstić information content (AvgIpc) is 3.42. The fraction of sp³-hybridized carbons (Fsp3) is 0.280. The van der Waals surface area contributed by atoms with Crippen molar-refractivity contribution in [2.75, 3.05) is 55.6 Å². The summed E-state index contributed by atoms with van der Waals surface area (Å²) in [6, 6.07) is 7.33. The Balaban J connectivity index is 1.42. The molecule has 2 aliphatic rings. The standard InChI is InChI=1S/C25H31N7O3S/c1-4-17(15-32(26)18-5-6-22(34-2)23(13-18)35-3)25-30-20(16-36-25)24(33)29-19-14-28-8-7-21(19)31-11-9-27-10-12-31/h4-8,13-16,25,27,30H,1,9-12,26H2,2-3H3,(H,29,33)/b17-15+. The van der Waals surface area contributed by atoms with Gasteiger partial charge >= 0.3 is 0 Å². The molecule has 1 amide bonds. The molecule has 0 bridgehead atoms. The number of benzene rings is 1. The fourth-order valence-electron chi connectivity index (χ4n) is 3.93. The van der Waals surface area contributed by atoms with Gasteiger partial charge in [0.05, 0.1) is 37.5 Å². The molecule has 5 N–H and O–H groups in total. The van der Waals surface area contributed by atoms with E-state index in [1.807, 2.05) is 12.1 Å². The molecular formula is C25H31N7O3S. The van der Waals surface area contributed by atoms with Crippen LogP contribution in [0.5, 0.6) is 11.5 Å². The minimum atomic E-state index is -0.234. The molecule has 11 heteroatoms. The first kappa shape index (κ1) is 25.4. The first-order valence-electron chi connectivity index (χ1n) is 11.5. The van der Waals surface area contributed by atoms with Crippen LogP contribution in [0, 0.1) is 0 Å². The Kier molecular flexibility index (Phi) is 8.36. The molecule has 1 aromatic heterocycles. The zero-order valence-corrected chi connectivity index (χ0v) is 21.2. The molecule has 1 atom stereocenters. The Morgan fingerprint density at radius 3 is 2.78 bits per heavy atom. The van der Waals surface area contributed by atoms with Crippen LogP contribution in [0.3, 0.4) is 0 Å². The molecule has 2 aromatic rings. The van der Waals surface area contributed by atoms with E-state index in [1.165, 1.54) is 16.8 Å². The predicted octanol–water partition coefficient (Wildman–Crippen LogP) is 2.40. The second kappa shape index (κ2) is 11.8. The number of nitrogens with zero attached hydrogens (tertiary/aromatic N) is 3. The molecule has 0 spiro atoms. The summed E-state index contributed by atoms with van der Waals surface area (Å²) in [4.78, 5) is 19.5. The summed E-state index contributed by atoms with van der Waals surface area (Å²) in [7, 11) is 3.15. The smallest absolute Gasteiger partial charge is 0.272 e. The van der Waals surface area contributed by atoms with Crippen LogP contribution in [0.15, 0.2) is 72.2 Å². The summed E-state index contributed by atoms with van der Waals surface area (Å²) in [5, 5.41) is 12.7. The molecule has 1 fully saturated rings. The Bertz CT molecular complexity index is 1160. The lowest BCUT2D eigenvalue weighted by Gasteiger charge is -2.30. The number of hydrogen-bond acceptors (Lipinski definition) is 10. The Morgan fingerprint density at radius 2 is 2.06 bits per heavy atom. The van der Waals surface area contributed by atoms with E-state index in [1.54, 1.807) is 56.4 Å². The second-order valence-corrected chi connectivity index (χ2v) is 9.04. The van der Waals surface area contributed by atoms with Crippen LogP contribution >= 0.6 is 11.8 Å². The van der Waals surface area contributed by atoms with Gasteiger partial charge in [-0.3, -0.25) is 14.8 Å². The van der Waals surface area contributed by atoms with E-state index in [2.05, 4.69) is 32.4 Å². The van der Waals surface area contributed by atoms with Crippen molar-refractivity contribution >= 4 is 34.7 Å². The van der Waals surface area contributed by atoms with Gasteiger partial charge in [0.2, 0.25) is 0 Å². The van der Waals surface area contributed by atoms with Crippen molar-refractivity contribution in [1.29, 1.82) is 0 Å². The van der Waals surface area contributed by atoms with Gasteiger partial charge in [-0.05, 0) is 18.2 Å². The van der Waals surface area contributed by atoms with Crippen LogP contribution in [0.1, 0.15) is 0 Å². The summed E-state index contributed by atoms with van der Waals surface area (Å²) in [5.74, 6) is 7.26. The molecule has 190 valence electrons. The van der Waals surface area contributed by atoms with Crippen LogP contribution in [0.4, 0.5) is 17.1 Å². The molecule has 36 heavy (non-hydrogen) atoms. The zero-order valence-electron chi connectivity index (χ0n) is 20.4. The molecular weight excluding hydrogens is 478 g/mol. The van der Waals surface area contributed by atoms with E-state index in [0.29, 0.717) is 28.6 Å². The normalized spacial score (nSPS) is 17.6. The van der Waals surface area contributed by atoms with Crippen molar-refractivity contribution in [1.82, 2.24) is 15.6 Å². The second-order valence-electron chi connectivity index (χ2n) is 8.06. The van der Waals surface area contributed by atoms with Gasteiger partial charge in [0.15, 0.2) is 11.5 Å². The minimum absolute atomic E-state index is 0.226. The predicted molar refractivity (Wildman–Crippen MR) is 145 cm³/mol. The SMILES string of the molecule is C=C/C(=C\N(N)c1ccc(OC)c(OC)c1)C1NC(C(=O)Nc2cnccc2N2CCNCC2)=CS1. The highest BCUT2D eigenvalue weighted by molar-refractivity contribution is 8.03. The van der Waals surface area contributed by atoms with E-state index in [0.717, 1.165) is 37.4 Å². The summed E-state index contributed by atoms with van der Waals surface area (Å²) < 4.78 is 10.7. The van der Waals surface area contributed by atoms with Crippen molar-refractivity contribution in [3.8, 4) is 11.5 Å². The molecule has 1 unspecified atom stereocenters. The third-order valence-corrected chi connectivity index (χ3v) is 6.88. The quantitative estimate of drug-likeness (QED) is 0.228. The number of rotatable bonds is 9. The first-order chi connectivity index (χ1) is 17.5. The van der Waals surface area contributed by atoms with Crippen LogP contribution in [0.25, 0.3) is 0 Å². The molecule has 1 saturated heterocycles. The van der Waals surface area contributed by atoms with E-state index in [4.69, 9.17) is 15.3 Å². The summed E-state index contributed by atoms with van der Waals surface area (Å²) in [6.07, 6.45) is 6.89. The molecule has 3 heterocycles. The van der Waals surface area contributed by atoms with E-state index in [9.17, 15) is 4.79 Å². The lowest BCUT2D eigenvalue weighted by Crippen LogP contribution is -2.43. The number of methoxy groups -OCH3 is 2. The van der Waals surface area contributed by atoms with Crippen LogP contribution in [-0.2, 0) is 4.79 Å². The highest BCUT2D eigenvalue weighted by atomic mass is 32.2. The Labute approximate surface area is 215 Å². The van der Waals surface area contributed by atoms with Gasteiger partial charge in [0, 0.05) is 55.6 Å². The number of hydrogen-bond donors (Lipinski definition) is 4. The molecule has 0 aliphatic carbocycles. The molecule has 0 radical (unpaired) electrons. The maximum absolute atomic E-state index is 13.1. The number of hydrazine groups is 1. The van der Waals surface area contributed by atoms with Crippen LogP contribution in [0.2, 0.25) is 0 Å². The summed E-state index contributed by atoms with van der Waals surface area (Å²) in [5.41, 5.74) is 3.62. The maximum Gasteiger partial charge on any atom is 0.272 e.